The molecule has 0 aromatic carbocycles. The third-order valence-corrected chi connectivity index (χ3v) is 5.92. The molecule has 4 heterocycles. The van der Waals surface area contributed by atoms with Gasteiger partial charge in [-0.25, -0.2) is 4.98 Å². The van der Waals surface area contributed by atoms with Crippen molar-refractivity contribution in [1.82, 2.24) is 19.4 Å². The first-order valence-electron chi connectivity index (χ1n) is 9.41. The summed E-state index contributed by atoms with van der Waals surface area (Å²) in [7, 11) is 0. The molecule has 3 aromatic heterocycles. The summed E-state index contributed by atoms with van der Waals surface area (Å²) in [6.07, 6.45) is 4.70. The number of hydrogen-bond donors (Lipinski definition) is 1. The molecule has 0 aliphatic carbocycles. The number of thiazole rings is 1. The van der Waals surface area contributed by atoms with Gasteiger partial charge in [0.25, 0.3) is 0 Å². The van der Waals surface area contributed by atoms with E-state index in [9.17, 15) is 5.11 Å². The van der Waals surface area contributed by atoms with Crippen LogP contribution in [0.5, 0.6) is 0 Å². The van der Waals surface area contributed by atoms with E-state index in [0.29, 0.717) is 6.04 Å². The van der Waals surface area contributed by atoms with Gasteiger partial charge in [-0.3, -0.25) is 14.4 Å². The fourth-order valence-electron chi connectivity index (χ4n) is 3.80. The topological polar surface area (TPSA) is 57.7 Å². The third-order valence-electron chi connectivity index (χ3n) is 5.15. The molecule has 0 unspecified atom stereocenters. The molecule has 0 spiro atoms. The van der Waals surface area contributed by atoms with Crippen molar-refractivity contribution in [3.05, 3.63) is 59.3 Å². The summed E-state index contributed by atoms with van der Waals surface area (Å²) >= 11 is 1.65. The number of aromatic nitrogens is 2. The molecule has 0 amide bonds. The molecule has 6 nitrogen and oxygen atoms in total. The largest absolute Gasteiger partial charge is 0.465 e. The highest BCUT2D eigenvalue weighted by atomic mass is 32.1. The van der Waals surface area contributed by atoms with E-state index in [2.05, 4.69) is 43.7 Å². The molecular weight excluding hydrogens is 360 g/mol. The van der Waals surface area contributed by atoms with Gasteiger partial charge >= 0.3 is 0 Å². The summed E-state index contributed by atoms with van der Waals surface area (Å²) in [5.74, 6) is 1.95. The summed E-state index contributed by atoms with van der Waals surface area (Å²) in [5, 5.41) is 12.6. The van der Waals surface area contributed by atoms with Crippen molar-refractivity contribution in [1.29, 1.82) is 0 Å². The lowest BCUT2D eigenvalue weighted by atomic mass is 10.1. The van der Waals surface area contributed by atoms with Gasteiger partial charge in [-0.1, -0.05) is 0 Å². The fourth-order valence-corrected chi connectivity index (χ4v) is 4.45. The molecule has 1 saturated heterocycles. The Hall–Kier alpha value is -1.93. The Labute approximate surface area is 163 Å². The molecule has 0 bridgehead atoms. The normalized spacial score (nSPS) is 19.0. The monoisotopic (exact) mass is 386 g/mol. The minimum atomic E-state index is 0.210. The number of aliphatic hydroxyl groups excluding tert-OH is 1. The molecule has 1 fully saturated rings. The molecule has 144 valence electrons. The Balaban J connectivity index is 1.42. The first kappa shape index (κ1) is 18.4. The van der Waals surface area contributed by atoms with E-state index in [0.717, 1.165) is 55.8 Å². The van der Waals surface area contributed by atoms with Gasteiger partial charge in [-0.15, -0.1) is 11.3 Å². The zero-order chi connectivity index (χ0) is 18.6. The van der Waals surface area contributed by atoms with Gasteiger partial charge in [0.1, 0.15) is 11.5 Å². The van der Waals surface area contributed by atoms with Crippen LogP contribution in [0.2, 0.25) is 0 Å². The molecule has 27 heavy (non-hydrogen) atoms. The molecule has 1 N–H and O–H groups in total. The van der Waals surface area contributed by atoms with Crippen molar-refractivity contribution in [3.63, 3.8) is 0 Å². The summed E-state index contributed by atoms with van der Waals surface area (Å²) < 4.78 is 7.93. The number of rotatable bonds is 7. The van der Waals surface area contributed by atoms with Crippen LogP contribution >= 0.6 is 11.3 Å². The quantitative estimate of drug-likeness (QED) is 0.677. The van der Waals surface area contributed by atoms with Crippen LogP contribution in [0.3, 0.4) is 0 Å². The molecule has 3 aromatic rings. The number of furan rings is 1. The lowest BCUT2D eigenvalue weighted by Crippen LogP contribution is -2.52. The number of piperazine rings is 1. The minimum Gasteiger partial charge on any atom is -0.465 e. The molecule has 0 saturated carbocycles. The molecule has 0 radical (unpaired) electrons. The highest BCUT2D eigenvalue weighted by Gasteiger charge is 2.27. The van der Waals surface area contributed by atoms with Crippen LogP contribution in [0, 0.1) is 6.92 Å². The zero-order valence-corrected chi connectivity index (χ0v) is 16.4. The highest BCUT2D eigenvalue weighted by Crippen LogP contribution is 2.21. The first-order valence-corrected chi connectivity index (χ1v) is 10.3. The maximum absolute atomic E-state index is 9.54. The Bertz CT molecular complexity index is 842. The average molecular weight is 387 g/mol. The predicted molar refractivity (Wildman–Crippen MR) is 106 cm³/mol. The second-order valence-electron chi connectivity index (χ2n) is 7.07. The standard InChI is InChI=1S/C20H26N4O2S/c1-16-4-5-19(26-16)15-23-10-9-22(13-17(23)6-11-25)14-18-3-2-8-24(18)20-21-7-12-27-20/h2-5,7-8,12,17,25H,6,9-11,13-15H2,1H3/t17-/m1/s1. The van der Waals surface area contributed by atoms with Crippen molar-refractivity contribution in [2.45, 2.75) is 32.5 Å². The Morgan fingerprint density at radius 2 is 2.19 bits per heavy atom. The van der Waals surface area contributed by atoms with Gasteiger partial charge in [-0.2, -0.15) is 0 Å². The Kier molecular flexibility index (Phi) is 5.73. The van der Waals surface area contributed by atoms with Crippen LogP contribution in [0.25, 0.3) is 5.13 Å². The average Bonchev–Trinajstić information content (AvgIpc) is 3.39. The van der Waals surface area contributed by atoms with Gasteiger partial charge in [0.15, 0.2) is 5.13 Å². The van der Waals surface area contributed by atoms with Crippen LogP contribution in [0.15, 0.2) is 46.5 Å². The Morgan fingerprint density at radius 3 is 2.93 bits per heavy atom. The third kappa shape index (κ3) is 4.32. The van der Waals surface area contributed by atoms with Crippen molar-refractivity contribution in [2.75, 3.05) is 26.2 Å². The SMILES string of the molecule is Cc1ccc(CN2CCN(Cc3cccn3-c3nccs3)C[C@H]2CCO)o1. The fraction of sp³-hybridized carbons (Fsp3) is 0.450. The van der Waals surface area contributed by atoms with Crippen LogP contribution < -0.4 is 0 Å². The smallest absolute Gasteiger partial charge is 0.193 e. The minimum absolute atomic E-state index is 0.210. The van der Waals surface area contributed by atoms with Gasteiger partial charge in [0, 0.05) is 62.3 Å². The van der Waals surface area contributed by atoms with Crippen molar-refractivity contribution >= 4 is 11.3 Å². The summed E-state index contributed by atoms with van der Waals surface area (Å²) in [5.41, 5.74) is 1.25. The van der Waals surface area contributed by atoms with Crippen molar-refractivity contribution in [3.8, 4) is 5.13 Å². The van der Waals surface area contributed by atoms with E-state index in [4.69, 9.17) is 4.42 Å². The number of aliphatic hydroxyl groups is 1. The lowest BCUT2D eigenvalue weighted by Gasteiger charge is -2.41. The van der Waals surface area contributed by atoms with E-state index in [1.54, 1.807) is 11.3 Å². The van der Waals surface area contributed by atoms with Crippen molar-refractivity contribution < 1.29 is 9.52 Å². The van der Waals surface area contributed by atoms with Gasteiger partial charge in [0.05, 0.1) is 6.54 Å². The highest BCUT2D eigenvalue weighted by molar-refractivity contribution is 7.12. The maximum atomic E-state index is 9.54. The van der Waals surface area contributed by atoms with E-state index in [1.165, 1.54) is 5.69 Å². The molecule has 4 rings (SSSR count). The molecule has 1 aliphatic heterocycles. The van der Waals surface area contributed by atoms with E-state index < -0.39 is 0 Å². The second kappa shape index (κ2) is 8.39. The first-order chi connectivity index (χ1) is 13.2. The lowest BCUT2D eigenvalue weighted by molar-refractivity contribution is 0.0447. The number of nitrogens with zero attached hydrogens (tertiary/aromatic N) is 4. The van der Waals surface area contributed by atoms with Gasteiger partial charge in [-0.05, 0) is 37.6 Å². The molecular formula is C20H26N4O2S. The molecule has 7 heteroatoms. The van der Waals surface area contributed by atoms with Gasteiger partial charge in [0.2, 0.25) is 0 Å². The van der Waals surface area contributed by atoms with Crippen LogP contribution in [0.4, 0.5) is 0 Å². The zero-order valence-electron chi connectivity index (χ0n) is 15.6. The summed E-state index contributed by atoms with van der Waals surface area (Å²) in [6.45, 7) is 6.81. The Morgan fingerprint density at radius 1 is 1.26 bits per heavy atom. The van der Waals surface area contributed by atoms with E-state index >= 15 is 0 Å². The number of aryl methyl sites for hydroxylation is 1. The van der Waals surface area contributed by atoms with Crippen LogP contribution in [-0.2, 0) is 13.1 Å². The van der Waals surface area contributed by atoms with Gasteiger partial charge < -0.3 is 9.52 Å². The predicted octanol–water partition coefficient (Wildman–Crippen LogP) is 2.90. The van der Waals surface area contributed by atoms with Crippen molar-refractivity contribution in [2.24, 2.45) is 0 Å². The molecule has 1 aliphatic rings. The van der Waals surface area contributed by atoms with E-state index in [1.807, 2.05) is 24.6 Å². The van der Waals surface area contributed by atoms with Crippen LogP contribution in [-0.4, -0.2) is 56.7 Å². The summed E-state index contributed by atoms with van der Waals surface area (Å²) in [6, 6.07) is 8.65. The van der Waals surface area contributed by atoms with E-state index in [-0.39, 0.29) is 6.61 Å². The number of hydrogen-bond acceptors (Lipinski definition) is 6. The second-order valence-corrected chi connectivity index (χ2v) is 7.94. The summed E-state index contributed by atoms with van der Waals surface area (Å²) in [4.78, 5) is 9.34. The maximum Gasteiger partial charge on any atom is 0.193 e. The van der Waals surface area contributed by atoms with Crippen LogP contribution in [0.1, 0.15) is 23.6 Å². The molecule has 1 atom stereocenters.